The zero-order valence-electron chi connectivity index (χ0n) is 26.0. The lowest BCUT2D eigenvalue weighted by atomic mass is 9.81. The molecule has 0 spiro atoms. The van der Waals surface area contributed by atoms with E-state index in [1.807, 2.05) is 37.3 Å². The third-order valence-corrected chi connectivity index (χ3v) is 7.46. The standard InChI is InChI=1S/C33H44F3N3O6/c1-3-43-15-16-45-18-17-44-14-13-37-31(40)20-25-5-4-6-26(19-25)22-39-32(41)29-21-27(30(42-2)23-38-29)10-7-24-8-11-28(12-9-24)33(34,35)36/h4-7,10,19,21,23-24,28H,3,8-9,11-18,20,22H2,1-2H3,(H,37,40)(H,39,41)/b10-7+/t24-,28-. The fourth-order valence-corrected chi connectivity index (χ4v) is 4.98. The summed E-state index contributed by atoms with van der Waals surface area (Å²) in [6.07, 6.45) is 2.34. The predicted octanol–water partition coefficient (Wildman–Crippen LogP) is 5.13. The van der Waals surface area contributed by atoms with Gasteiger partial charge in [0.15, 0.2) is 0 Å². The number of aromatic nitrogens is 1. The first-order valence-corrected chi connectivity index (χ1v) is 15.3. The average Bonchev–Trinajstić information content (AvgIpc) is 3.03. The zero-order valence-corrected chi connectivity index (χ0v) is 26.0. The van der Waals surface area contributed by atoms with Gasteiger partial charge in [-0.25, -0.2) is 4.98 Å². The summed E-state index contributed by atoms with van der Waals surface area (Å²) >= 11 is 0. The van der Waals surface area contributed by atoms with Crippen LogP contribution in [0, 0.1) is 11.8 Å². The number of carbonyl (C=O) groups excluding carboxylic acids is 2. The van der Waals surface area contributed by atoms with Crippen molar-refractivity contribution < 1.29 is 41.7 Å². The number of pyridine rings is 1. The molecule has 1 aromatic carbocycles. The van der Waals surface area contributed by atoms with E-state index in [2.05, 4.69) is 15.6 Å². The van der Waals surface area contributed by atoms with E-state index in [1.54, 1.807) is 12.1 Å². The van der Waals surface area contributed by atoms with Crippen LogP contribution in [0.15, 0.2) is 42.6 Å². The van der Waals surface area contributed by atoms with Crippen LogP contribution >= 0.6 is 0 Å². The Morgan fingerprint density at radius 3 is 2.33 bits per heavy atom. The number of carbonyl (C=O) groups is 2. The number of allylic oxidation sites excluding steroid dienone is 1. The number of halogens is 3. The van der Waals surface area contributed by atoms with Gasteiger partial charge in [-0.2, -0.15) is 13.2 Å². The molecule has 12 heteroatoms. The van der Waals surface area contributed by atoms with Crippen LogP contribution in [-0.4, -0.2) is 76.3 Å². The molecule has 1 aliphatic carbocycles. The quantitative estimate of drug-likeness (QED) is 0.219. The highest BCUT2D eigenvalue weighted by atomic mass is 19.4. The van der Waals surface area contributed by atoms with Crippen molar-refractivity contribution in [1.29, 1.82) is 0 Å². The fraction of sp³-hybridized carbons (Fsp3) is 0.545. The summed E-state index contributed by atoms with van der Waals surface area (Å²) in [6, 6.07) is 9.00. The molecule has 3 rings (SSSR count). The number of ether oxygens (including phenoxy) is 4. The number of methoxy groups -OCH3 is 1. The van der Waals surface area contributed by atoms with E-state index in [0.717, 1.165) is 11.1 Å². The Kier molecular flexibility index (Phi) is 15.3. The Hall–Kier alpha value is -3.48. The molecule has 2 aromatic rings. The number of rotatable bonds is 18. The van der Waals surface area contributed by atoms with Crippen molar-refractivity contribution in [2.75, 3.05) is 53.3 Å². The predicted molar refractivity (Wildman–Crippen MR) is 164 cm³/mol. The van der Waals surface area contributed by atoms with Gasteiger partial charge in [0.05, 0.1) is 58.7 Å². The van der Waals surface area contributed by atoms with Gasteiger partial charge in [0.2, 0.25) is 5.91 Å². The molecule has 1 fully saturated rings. The second-order valence-corrected chi connectivity index (χ2v) is 10.8. The topological polar surface area (TPSA) is 108 Å². The monoisotopic (exact) mass is 635 g/mol. The summed E-state index contributed by atoms with van der Waals surface area (Å²) in [6.45, 7) is 5.58. The van der Waals surface area contributed by atoms with Crippen LogP contribution in [0.25, 0.3) is 6.08 Å². The Labute approximate surface area is 262 Å². The van der Waals surface area contributed by atoms with Crippen molar-refractivity contribution in [2.24, 2.45) is 11.8 Å². The number of nitrogens with one attached hydrogen (secondary N) is 2. The largest absolute Gasteiger partial charge is 0.495 e. The van der Waals surface area contributed by atoms with Crippen molar-refractivity contribution >= 4 is 17.9 Å². The molecule has 9 nitrogen and oxygen atoms in total. The van der Waals surface area contributed by atoms with E-state index in [1.165, 1.54) is 13.3 Å². The SMILES string of the molecule is CCOCCOCCOCCNC(=O)Cc1cccc(CNC(=O)c2cc(/C=C/[C@H]3CC[C@H](C(F)(F)F)CC3)c(OC)cn2)c1. The molecule has 0 radical (unpaired) electrons. The maximum atomic E-state index is 13.0. The average molecular weight is 636 g/mol. The number of hydrogen-bond donors (Lipinski definition) is 2. The van der Waals surface area contributed by atoms with E-state index in [4.69, 9.17) is 18.9 Å². The van der Waals surface area contributed by atoms with Crippen molar-refractivity contribution in [3.63, 3.8) is 0 Å². The van der Waals surface area contributed by atoms with Crippen LogP contribution in [-0.2, 0) is 32.0 Å². The molecule has 2 N–H and O–H groups in total. The summed E-state index contributed by atoms with van der Waals surface area (Å²) in [7, 11) is 1.49. The second kappa shape index (κ2) is 19.1. The zero-order chi connectivity index (χ0) is 32.5. The smallest absolute Gasteiger partial charge is 0.391 e. The summed E-state index contributed by atoms with van der Waals surface area (Å²) in [5.74, 6) is -1.26. The first-order valence-electron chi connectivity index (χ1n) is 15.3. The molecule has 0 aliphatic heterocycles. The summed E-state index contributed by atoms with van der Waals surface area (Å²) in [5, 5.41) is 5.68. The third-order valence-electron chi connectivity index (χ3n) is 7.46. The highest BCUT2D eigenvalue weighted by molar-refractivity contribution is 5.93. The fourth-order valence-electron chi connectivity index (χ4n) is 4.98. The van der Waals surface area contributed by atoms with Crippen LogP contribution in [0.4, 0.5) is 13.2 Å². The van der Waals surface area contributed by atoms with Crippen LogP contribution in [0.3, 0.4) is 0 Å². The second-order valence-electron chi connectivity index (χ2n) is 10.8. The van der Waals surface area contributed by atoms with Crippen LogP contribution in [0.1, 0.15) is 59.8 Å². The number of nitrogens with zero attached hydrogens (tertiary/aromatic N) is 1. The van der Waals surface area contributed by atoms with Gasteiger partial charge < -0.3 is 29.6 Å². The molecule has 1 aromatic heterocycles. The van der Waals surface area contributed by atoms with E-state index in [-0.39, 0.29) is 49.2 Å². The lowest BCUT2D eigenvalue weighted by molar-refractivity contribution is -0.183. The van der Waals surface area contributed by atoms with E-state index in [9.17, 15) is 22.8 Å². The van der Waals surface area contributed by atoms with Gasteiger partial charge >= 0.3 is 6.18 Å². The van der Waals surface area contributed by atoms with Gasteiger partial charge in [0.1, 0.15) is 11.4 Å². The lowest BCUT2D eigenvalue weighted by Crippen LogP contribution is -2.29. The molecule has 45 heavy (non-hydrogen) atoms. The number of benzene rings is 1. The van der Waals surface area contributed by atoms with Gasteiger partial charge in [-0.05, 0) is 55.7 Å². The lowest BCUT2D eigenvalue weighted by Gasteiger charge is -2.28. The molecular weight excluding hydrogens is 591 g/mol. The van der Waals surface area contributed by atoms with Crippen molar-refractivity contribution in [3.05, 3.63) is 65.0 Å². The number of hydrogen-bond acceptors (Lipinski definition) is 7. The first-order chi connectivity index (χ1) is 21.7. The Bertz CT molecular complexity index is 1230. The van der Waals surface area contributed by atoms with E-state index < -0.39 is 12.1 Å². The highest BCUT2D eigenvalue weighted by Gasteiger charge is 2.40. The highest BCUT2D eigenvalue weighted by Crippen LogP contribution is 2.40. The summed E-state index contributed by atoms with van der Waals surface area (Å²) in [5.41, 5.74) is 2.44. The van der Waals surface area contributed by atoms with Crippen molar-refractivity contribution in [3.8, 4) is 5.75 Å². The maximum absolute atomic E-state index is 13.0. The molecule has 0 atom stereocenters. The molecular formula is C33H44F3N3O6. The maximum Gasteiger partial charge on any atom is 0.391 e. The van der Waals surface area contributed by atoms with Crippen LogP contribution in [0.2, 0.25) is 0 Å². The molecule has 0 unspecified atom stereocenters. The van der Waals surface area contributed by atoms with E-state index in [0.29, 0.717) is 70.3 Å². The summed E-state index contributed by atoms with van der Waals surface area (Å²) in [4.78, 5) is 29.5. The van der Waals surface area contributed by atoms with Gasteiger partial charge in [0.25, 0.3) is 5.91 Å². The van der Waals surface area contributed by atoms with Gasteiger partial charge in [0, 0.05) is 25.3 Å². The van der Waals surface area contributed by atoms with E-state index >= 15 is 0 Å². The van der Waals surface area contributed by atoms with Gasteiger partial charge in [-0.15, -0.1) is 0 Å². The minimum Gasteiger partial charge on any atom is -0.495 e. The third kappa shape index (κ3) is 13.2. The number of amides is 2. The molecule has 2 amide bonds. The molecule has 248 valence electrons. The van der Waals surface area contributed by atoms with Crippen molar-refractivity contribution in [1.82, 2.24) is 15.6 Å². The molecule has 0 bridgehead atoms. The molecule has 1 saturated carbocycles. The minimum absolute atomic E-state index is 0.0303. The first kappa shape index (κ1) is 36.0. The molecule has 1 heterocycles. The van der Waals surface area contributed by atoms with Gasteiger partial charge in [-0.3, -0.25) is 9.59 Å². The number of alkyl halides is 3. The van der Waals surface area contributed by atoms with Gasteiger partial charge in [-0.1, -0.05) is 36.4 Å². The van der Waals surface area contributed by atoms with Crippen LogP contribution in [0.5, 0.6) is 5.75 Å². The van der Waals surface area contributed by atoms with Crippen molar-refractivity contribution in [2.45, 2.75) is 51.7 Å². The molecule has 1 aliphatic rings. The van der Waals surface area contributed by atoms with Crippen LogP contribution < -0.4 is 15.4 Å². The Balaban J connectivity index is 1.43. The minimum atomic E-state index is -4.14. The Morgan fingerprint density at radius 2 is 1.64 bits per heavy atom. The normalized spacial score (nSPS) is 16.9. The summed E-state index contributed by atoms with van der Waals surface area (Å²) < 4.78 is 60.3. The Morgan fingerprint density at radius 1 is 0.956 bits per heavy atom. The molecule has 0 saturated heterocycles.